The van der Waals surface area contributed by atoms with Crippen LogP contribution in [0.2, 0.25) is 5.02 Å². The average molecular weight is 275 g/mol. The second-order valence-corrected chi connectivity index (χ2v) is 4.60. The fourth-order valence-corrected chi connectivity index (χ4v) is 1.77. The number of halogens is 1. The Hall–Kier alpha value is -2.00. The van der Waals surface area contributed by atoms with Gasteiger partial charge in [0.25, 0.3) is 0 Å². The Morgan fingerprint density at radius 3 is 2.37 bits per heavy atom. The summed E-state index contributed by atoms with van der Waals surface area (Å²) < 4.78 is 0. The molecule has 0 bridgehead atoms. The Labute approximate surface area is 117 Å². The van der Waals surface area contributed by atoms with Gasteiger partial charge in [0, 0.05) is 11.4 Å². The van der Waals surface area contributed by atoms with Gasteiger partial charge in [0.1, 0.15) is 0 Å². The summed E-state index contributed by atoms with van der Waals surface area (Å²) in [4.78, 5) is 11.7. The van der Waals surface area contributed by atoms with E-state index in [4.69, 9.17) is 11.6 Å². The van der Waals surface area contributed by atoms with Crippen molar-refractivity contribution in [2.45, 2.75) is 12.8 Å². The molecule has 3 nitrogen and oxygen atoms in total. The molecule has 19 heavy (non-hydrogen) atoms. The van der Waals surface area contributed by atoms with Crippen molar-refractivity contribution in [3.05, 3.63) is 65.2 Å². The number of nitrogens with one attached hydrogen (secondary N) is 2. The Balaban J connectivity index is 1.74. The molecule has 0 aliphatic heterocycles. The molecule has 0 unspecified atom stereocenters. The maximum absolute atomic E-state index is 11.7. The minimum absolute atomic E-state index is 0.0428. The number of hydrazine groups is 1. The van der Waals surface area contributed by atoms with Gasteiger partial charge in [0.05, 0.1) is 5.69 Å². The monoisotopic (exact) mass is 274 g/mol. The third-order valence-corrected chi connectivity index (χ3v) is 2.93. The summed E-state index contributed by atoms with van der Waals surface area (Å²) in [5.74, 6) is -0.0428. The van der Waals surface area contributed by atoms with Crippen molar-refractivity contribution in [3.8, 4) is 0 Å². The van der Waals surface area contributed by atoms with Crippen molar-refractivity contribution in [1.82, 2.24) is 5.43 Å². The van der Waals surface area contributed by atoms with Crippen LogP contribution >= 0.6 is 11.6 Å². The van der Waals surface area contributed by atoms with Gasteiger partial charge < -0.3 is 0 Å². The molecule has 0 aromatic heterocycles. The predicted molar refractivity (Wildman–Crippen MR) is 78.0 cm³/mol. The van der Waals surface area contributed by atoms with Gasteiger partial charge in [-0.05, 0) is 36.2 Å². The van der Waals surface area contributed by atoms with Gasteiger partial charge in [-0.3, -0.25) is 15.6 Å². The fraction of sp³-hybridized carbons (Fsp3) is 0.133. The number of aryl methyl sites for hydroxylation is 1. The van der Waals surface area contributed by atoms with E-state index in [-0.39, 0.29) is 5.91 Å². The lowest BCUT2D eigenvalue weighted by atomic mass is 10.1. The molecule has 1 amide bonds. The minimum Gasteiger partial charge on any atom is -0.299 e. The third kappa shape index (κ3) is 4.64. The van der Waals surface area contributed by atoms with Crippen LogP contribution in [0.1, 0.15) is 12.0 Å². The maximum atomic E-state index is 11.7. The molecule has 0 aliphatic carbocycles. The minimum atomic E-state index is -0.0428. The lowest BCUT2D eigenvalue weighted by Gasteiger charge is -2.08. The molecule has 0 radical (unpaired) electrons. The molecule has 2 aromatic rings. The zero-order valence-corrected chi connectivity index (χ0v) is 11.2. The summed E-state index contributed by atoms with van der Waals surface area (Å²) in [7, 11) is 0. The number of rotatable bonds is 5. The van der Waals surface area contributed by atoms with E-state index in [2.05, 4.69) is 10.9 Å². The standard InChI is InChI=1S/C15H15ClN2O/c16-13-7-9-14(10-8-13)17-18-15(19)11-6-12-4-2-1-3-5-12/h1-5,7-10,17H,6,11H2,(H,18,19). The van der Waals surface area contributed by atoms with Gasteiger partial charge in [-0.2, -0.15) is 0 Å². The molecular weight excluding hydrogens is 260 g/mol. The Kier molecular flexibility index (Phi) is 4.81. The van der Waals surface area contributed by atoms with Crippen LogP contribution in [-0.2, 0) is 11.2 Å². The molecule has 0 heterocycles. The summed E-state index contributed by atoms with van der Waals surface area (Å²) in [6.07, 6.45) is 1.18. The Morgan fingerprint density at radius 2 is 1.68 bits per heavy atom. The number of anilines is 1. The summed E-state index contributed by atoms with van der Waals surface area (Å²) in [6, 6.07) is 17.1. The largest absolute Gasteiger partial charge is 0.299 e. The molecule has 2 N–H and O–H groups in total. The molecular formula is C15H15ClN2O. The van der Waals surface area contributed by atoms with E-state index in [1.165, 1.54) is 0 Å². The smallest absolute Gasteiger partial charge is 0.238 e. The van der Waals surface area contributed by atoms with E-state index in [1.807, 2.05) is 30.3 Å². The second-order valence-electron chi connectivity index (χ2n) is 4.17. The topological polar surface area (TPSA) is 41.1 Å². The van der Waals surface area contributed by atoms with Gasteiger partial charge in [-0.1, -0.05) is 41.9 Å². The van der Waals surface area contributed by atoms with E-state index < -0.39 is 0 Å². The van der Waals surface area contributed by atoms with Crippen LogP contribution in [0.4, 0.5) is 5.69 Å². The first-order valence-corrected chi connectivity index (χ1v) is 6.46. The van der Waals surface area contributed by atoms with Gasteiger partial charge in [0.2, 0.25) is 5.91 Å². The van der Waals surface area contributed by atoms with Crippen molar-refractivity contribution in [2.75, 3.05) is 5.43 Å². The highest BCUT2D eigenvalue weighted by atomic mass is 35.5. The highest BCUT2D eigenvalue weighted by molar-refractivity contribution is 6.30. The third-order valence-electron chi connectivity index (χ3n) is 2.67. The van der Waals surface area contributed by atoms with Crippen LogP contribution < -0.4 is 10.9 Å². The van der Waals surface area contributed by atoms with Gasteiger partial charge in [-0.25, -0.2) is 0 Å². The number of benzene rings is 2. The highest BCUT2D eigenvalue weighted by Crippen LogP contribution is 2.12. The zero-order valence-electron chi connectivity index (χ0n) is 10.4. The van der Waals surface area contributed by atoms with Crippen molar-refractivity contribution in [2.24, 2.45) is 0 Å². The molecule has 0 atom stereocenters. The number of carbonyl (C=O) groups is 1. The summed E-state index contributed by atoms with van der Waals surface area (Å²) in [5, 5.41) is 0.668. The van der Waals surface area contributed by atoms with E-state index in [9.17, 15) is 4.79 Å². The first-order chi connectivity index (χ1) is 9.24. The van der Waals surface area contributed by atoms with Gasteiger partial charge in [0.15, 0.2) is 0 Å². The van der Waals surface area contributed by atoms with E-state index >= 15 is 0 Å². The van der Waals surface area contributed by atoms with Crippen molar-refractivity contribution in [3.63, 3.8) is 0 Å². The van der Waals surface area contributed by atoms with Gasteiger partial charge in [-0.15, -0.1) is 0 Å². The Bertz CT molecular complexity index is 526. The van der Waals surface area contributed by atoms with Crippen LogP contribution in [0.15, 0.2) is 54.6 Å². The summed E-state index contributed by atoms with van der Waals surface area (Å²) in [5.41, 5.74) is 7.47. The predicted octanol–water partition coefficient (Wildman–Crippen LogP) is 3.42. The van der Waals surface area contributed by atoms with Crippen LogP contribution in [0, 0.1) is 0 Å². The molecule has 98 valence electrons. The molecule has 2 aromatic carbocycles. The zero-order chi connectivity index (χ0) is 13.5. The van der Waals surface area contributed by atoms with Crippen LogP contribution in [0.5, 0.6) is 0 Å². The molecule has 2 rings (SSSR count). The maximum Gasteiger partial charge on any atom is 0.238 e. The number of hydrogen-bond acceptors (Lipinski definition) is 2. The SMILES string of the molecule is O=C(CCc1ccccc1)NNc1ccc(Cl)cc1. The first kappa shape index (κ1) is 13.4. The fourth-order valence-electron chi connectivity index (χ4n) is 1.64. The normalized spacial score (nSPS) is 9.95. The van der Waals surface area contributed by atoms with Crippen LogP contribution in [0.25, 0.3) is 0 Å². The highest BCUT2D eigenvalue weighted by Gasteiger charge is 2.01. The quantitative estimate of drug-likeness (QED) is 0.821. The number of amides is 1. The first-order valence-electron chi connectivity index (χ1n) is 6.08. The summed E-state index contributed by atoms with van der Waals surface area (Å²) in [6.45, 7) is 0. The molecule has 0 saturated heterocycles. The van der Waals surface area contributed by atoms with E-state index in [0.29, 0.717) is 11.4 Å². The van der Waals surface area contributed by atoms with E-state index in [1.54, 1.807) is 24.3 Å². The number of hydrogen-bond donors (Lipinski definition) is 2. The second kappa shape index (κ2) is 6.81. The molecule has 0 fully saturated rings. The van der Waals surface area contributed by atoms with Crippen LogP contribution in [0.3, 0.4) is 0 Å². The average Bonchev–Trinajstić information content (AvgIpc) is 2.45. The van der Waals surface area contributed by atoms with E-state index in [0.717, 1.165) is 17.7 Å². The lowest BCUT2D eigenvalue weighted by Crippen LogP contribution is -2.29. The van der Waals surface area contributed by atoms with Crippen molar-refractivity contribution >= 4 is 23.2 Å². The lowest BCUT2D eigenvalue weighted by molar-refractivity contribution is -0.120. The molecule has 0 saturated carbocycles. The molecule has 0 aliphatic rings. The van der Waals surface area contributed by atoms with Crippen molar-refractivity contribution in [1.29, 1.82) is 0 Å². The molecule has 4 heteroatoms. The van der Waals surface area contributed by atoms with Crippen LogP contribution in [-0.4, -0.2) is 5.91 Å². The Morgan fingerprint density at radius 1 is 1.00 bits per heavy atom. The summed E-state index contributed by atoms with van der Waals surface area (Å²) >= 11 is 5.78. The van der Waals surface area contributed by atoms with Crippen molar-refractivity contribution < 1.29 is 4.79 Å². The number of carbonyl (C=O) groups excluding carboxylic acids is 1. The van der Waals surface area contributed by atoms with Gasteiger partial charge >= 0.3 is 0 Å². The molecule has 0 spiro atoms.